The maximum absolute atomic E-state index is 12.4. The van der Waals surface area contributed by atoms with Crippen molar-refractivity contribution >= 4 is 29.4 Å². The molecular weight excluding hydrogens is 362 g/mol. The Balaban J connectivity index is 5.08. The summed E-state index contributed by atoms with van der Waals surface area (Å²) >= 11 is 0. The summed E-state index contributed by atoms with van der Waals surface area (Å²) in [6.45, 7) is 0.177. The molecule has 0 rings (SSSR count). The van der Waals surface area contributed by atoms with Crippen LogP contribution in [0.4, 0.5) is 4.79 Å². The molecule has 0 heterocycles. The smallest absolute Gasteiger partial charge is 0.315 e. The minimum absolute atomic E-state index is 0.482. The molecule has 4 amide bonds. The highest BCUT2D eigenvalue weighted by Crippen LogP contribution is 2.12. The minimum atomic E-state index is -1.31. The lowest BCUT2D eigenvalue weighted by molar-refractivity contribution is -0.134. The summed E-state index contributed by atoms with van der Waals surface area (Å²) in [6.07, 6.45) is -2.24. The van der Waals surface area contributed by atoms with E-state index in [2.05, 4.69) is 16.0 Å². The second-order valence-electron chi connectivity index (χ2n) is 5.95. The Hall–Kier alpha value is -2.57. The molecule has 12 nitrogen and oxygen atoms in total. The van der Waals surface area contributed by atoms with Gasteiger partial charge >= 0.3 is 6.03 Å². The Morgan fingerprint density at radius 2 is 1.67 bits per heavy atom. The van der Waals surface area contributed by atoms with Crippen LogP contribution in [-0.4, -0.2) is 78.0 Å². The molecular formula is C15H27N5O7. The van der Waals surface area contributed by atoms with Gasteiger partial charge in [-0.15, -0.1) is 0 Å². The average molecular weight is 389 g/mol. The largest absolute Gasteiger partial charge is 0.394 e. The van der Waals surface area contributed by atoms with Crippen molar-refractivity contribution in [3.63, 3.8) is 0 Å². The van der Waals surface area contributed by atoms with Crippen molar-refractivity contribution in [2.45, 2.75) is 38.0 Å². The second kappa shape index (κ2) is 11.9. The number of Topliss-reactive ketones (excluding diaryl/α,β-unsaturated/α-hetero) is 2. The number of nitrogens with one attached hydrogen (secondary N) is 3. The normalized spacial score (nSPS) is 15.0. The molecule has 27 heavy (non-hydrogen) atoms. The van der Waals surface area contributed by atoms with Crippen LogP contribution in [0.3, 0.4) is 0 Å². The summed E-state index contributed by atoms with van der Waals surface area (Å²) in [6, 6.07) is -3.19. The molecule has 0 aliphatic carbocycles. The quantitative estimate of drug-likeness (QED) is 0.175. The van der Waals surface area contributed by atoms with Crippen molar-refractivity contribution < 1.29 is 34.2 Å². The number of carbonyl (C=O) groups is 5. The van der Waals surface area contributed by atoms with E-state index in [-0.39, 0.29) is 0 Å². The van der Waals surface area contributed by atoms with Gasteiger partial charge in [-0.1, -0.05) is 0 Å². The van der Waals surface area contributed by atoms with Gasteiger partial charge in [-0.2, -0.15) is 0 Å². The van der Waals surface area contributed by atoms with Crippen LogP contribution in [0.25, 0.3) is 0 Å². The van der Waals surface area contributed by atoms with E-state index in [0.717, 1.165) is 0 Å². The van der Waals surface area contributed by atoms with Gasteiger partial charge in [0.05, 0.1) is 31.2 Å². The van der Waals surface area contributed by atoms with E-state index in [1.807, 2.05) is 0 Å². The van der Waals surface area contributed by atoms with E-state index in [1.165, 1.54) is 14.0 Å². The third-order valence-electron chi connectivity index (χ3n) is 3.66. The number of nitrogens with two attached hydrogens (primary N) is 2. The monoisotopic (exact) mass is 389 g/mol. The maximum atomic E-state index is 12.4. The highest BCUT2D eigenvalue weighted by atomic mass is 16.3. The number of rotatable bonds is 12. The molecule has 12 heteroatoms. The SMILES string of the molecule is CNC(=O)N[C@H](C(=O)C[C@@H](CC(N)=O)C(=O)NCC(=O)[C@@H](N)CO)C(C)O. The number of primary amides is 1. The number of hydrogen-bond acceptors (Lipinski definition) is 8. The Bertz CT molecular complexity index is 567. The van der Waals surface area contributed by atoms with Crippen LogP contribution >= 0.6 is 0 Å². The van der Waals surface area contributed by atoms with E-state index in [0.29, 0.717) is 0 Å². The van der Waals surface area contributed by atoms with Crippen molar-refractivity contribution in [3.05, 3.63) is 0 Å². The number of carbonyl (C=O) groups excluding carboxylic acids is 5. The Kier molecular flexibility index (Phi) is 10.8. The molecule has 0 aromatic rings. The number of urea groups is 1. The van der Waals surface area contributed by atoms with Gasteiger partial charge in [0.1, 0.15) is 6.04 Å². The molecule has 0 fully saturated rings. The lowest BCUT2D eigenvalue weighted by atomic mass is 9.92. The van der Waals surface area contributed by atoms with Crippen molar-refractivity contribution in [1.29, 1.82) is 0 Å². The first-order valence-corrected chi connectivity index (χ1v) is 8.17. The first-order chi connectivity index (χ1) is 12.5. The van der Waals surface area contributed by atoms with Crippen molar-refractivity contribution in [2.24, 2.45) is 17.4 Å². The zero-order chi connectivity index (χ0) is 21.1. The van der Waals surface area contributed by atoms with Crippen molar-refractivity contribution in [1.82, 2.24) is 16.0 Å². The molecule has 154 valence electrons. The van der Waals surface area contributed by atoms with Crippen LogP contribution in [0, 0.1) is 5.92 Å². The molecule has 9 N–H and O–H groups in total. The second-order valence-corrected chi connectivity index (χ2v) is 5.95. The highest BCUT2D eigenvalue weighted by Gasteiger charge is 2.31. The summed E-state index contributed by atoms with van der Waals surface area (Å²) < 4.78 is 0. The van der Waals surface area contributed by atoms with E-state index in [1.54, 1.807) is 0 Å². The Morgan fingerprint density at radius 1 is 1.07 bits per heavy atom. The van der Waals surface area contributed by atoms with Gasteiger partial charge in [-0.05, 0) is 6.92 Å². The molecule has 0 aromatic carbocycles. The molecule has 0 aliphatic rings. The number of aliphatic hydroxyl groups excluding tert-OH is 2. The summed E-state index contributed by atoms with van der Waals surface area (Å²) in [5.41, 5.74) is 10.4. The van der Waals surface area contributed by atoms with Gasteiger partial charge in [0, 0.05) is 19.9 Å². The minimum Gasteiger partial charge on any atom is -0.394 e. The van der Waals surface area contributed by atoms with Crippen LogP contribution in [0.1, 0.15) is 19.8 Å². The molecule has 4 atom stereocenters. The third kappa shape index (κ3) is 9.08. The summed E-state index contributed by atoms with van der Waals surface area (Å²) in [5, 5.41) is 25.2. The van der Waals surface area contributed by atoms with Crippen LogP contribution in [-0.2, 0) is 19.2 Å². The molecule has 0 spiro atoms. The standard InChI is InChI=1S/C15H27N5O7/c1-7(22)13(20-15(27)18-2)10(23)3-8(4-12(17)25)14(26)19-5-11(24)9(16)6-21/h7-9,13,21-22H,3-6,16H2,1-2H3,(H2,17,25)(H,19,26)(H2,18,20,27)/t7?,8-,9-,13-/m0/s1. The third-order valence-corrected chi connectivity index (χ3v) is 3.66. The van der Waals surface area contributed by atoms with Crippen LogP contribution in [0.15, 0.2) is 0 Å². The predicted octanol–water partition coefficient (Wildman–Crippen LogP) is -3.88. The van der Waals surface area contributed by atoms with Crippen molar-refractivity contribution in [3.8, 4) is 0 Å². The Morgan fingerprint density at radius 3 is 2.11 bits per heavy atom. The zero-order valence-corrected chi connectivity index (χ0v) is 15.2. The van der Waals surface area contributed by atoms with Gasteiger partial charge in [-0.25, -0.2) is 4.79 Å². The molecule has 0 saturated heterocycles. The average Bonchev–Trinajstić information content (AvgIpc) is 2.61. The number of aliphatic hydroxyl groups is 2. The molecule has 0 bridgehead atoms. The lowest BCUT2D eigenvalue weighted by Gasteiger charge is -2.22. The number of hydrogen-bond donors (Lipinski definition) is 7. The molecule has 0 aromatic heterocycles. The summed E-state index contributed by atoms with van der Waals surface area (Å²) in [5.74, 6) is -4.20. The topological polar surface area (TPSA) is 214 Å². The first kappa shape index (κ1) is 24.4. The van der Waals surface area contributed by atoms with E-state index < -0.39 is 79.5 Å². The van der Waals surface area contributed by atoms with Gasteiger partial charge in [0.2, 0.25) is 11.8 Å². The number of ketones is 2. The van der Waals surface area contributed by atoms with E-state index >= 15 is 0 Å². The summed E-state index contributed by atoms with van der Waals surface area (Å²) in [4.78, 5) is 58.7. The molecule has 1 unspecified atom stereocenters. The molecule has 0 aliphatic heterocycles. The maximum Gasteiger partial charge on any atom is 0.315 e. The molecule has 0 radical (unpaired) electrons. The van der Waals surface area contributed by atoms with Crippen LogP contribution in [0.2, 0.25) is 0 Å². The van der Waals surface area contributed by atoms with Crippen molar-refractivity contribution in [2.75, 3.05) is 20.2 Å². The fraction of sp³-hybridized carbons (Fsp3) is 0.667. The predicted molar refractivity (Wildman–Crippen MR) is 93.1 cm³/mol. The zero-order valence-electron chi connectivity index (χ0n) is 15.2. The van der Waals surface area contributed by atoms with E-state index in [9.17, 15) is 29.1 Å². The summed E-state index contributed by atoms with van der Waals surface area (Å²) in [7, 11) is 1.32. The highest BCUT2D eigenvalue weighted by molar-refractivity contribution is 5.95. The number of amides is 4. The molecule has 0 saturated carbocycles. The lowest BCUT2D eigenvalue weighted by Crippen LogP contribution is -2.51. The fourth-order valence-electron chi connectivity index (χ4n) is 2.11. The fourth-order valence-corrected chi connectivity index (χ4v) is 2.11. The van der Waals surface area contributed by atoms with Crippen LogP contribution < -0.4 is 27.4 Å². The van der Waals surface area contributed by atoms with E-state index in [4.69, 9.17) is 16.6 Å². The first-order valence-electron chi connectivity index (χ1n) is 8.17. The Labute approximate surface area is 156 Å². The van der Waals surface area contributed by atoms with Gasteiger partial charge in [-0.3, -0.25) is 19.2 Å². The van der Waals surface area contributed by atoms with Gasteiger partial charge in [0.25, 0.3) is 0 Å². The van der Waals surface area contributed by atoms with Crippen LogP contribution in [0.5, 0.6) is 0 Å². The van der Waals surface area contributed by atoms with Gasteiger partial charge < -0.3 is 37.6 Å². The van der Waals surface area contributed by atoms with Gasteiger partial charge in [0.15, 0.2) is 11.6 Å².